The molecule has 1 fully saturated rings. The van der Waals surface area contributed by atoms with Crippen LogP contribution in [0.4, 0.5) is 4.79 Å². The summed E-state index contributed by atoms with van der Waals surface area (Å²) in [5.41, 5.74) is 5.09. The Labute approximate surface area is 631 Å². The molecule has 92 heavy (non-hydrogen) atoms. The summed E-state index contributed by atoms with van der Waals surface area (Å²) in [6.07, 6.45) is 4.73. The third-order valence-corrected chi connectivity index (χ3v) is 19.0. The van der Waals surface area contributed by atoms with Crippen LogP contribution in [0.15, 0.2) is 174 Å². The zero-order valence-electron chi connectivity index (χ0n) is 54.1. The number of aromatic nitrogens is 3. The van der Waals surface area contributed by atoms with E-state index in [1.807, 2.05) is 46.9 Å². The molecule has 0 aliphatic carbocycles. The summed E-state index contributed by atoms with van der Waals surface area (Å²) in [7, 11) is -1.16. The van der Waals surface area contributed by atoms with Crippen molar-refractivity contribution in [1.29, 1.82) is 0 Å². The first-order chi connectivity index (χ1) is 40.9. The number of benzene rings is 6. The standard InChI is InChI=1S/C17H14BrNO4S.C16H12BrNO4S.C10H8BrNO2.C7H7ClO2S.C5H9ClO2.C5H11NO.B.Li.2Na.H2O.2H/c1-11-3-5-14(6-4-11)24(21,22)19-8-7-12-9-13(17(20)23-2)10-15(18)16(12)19;1-10-2-4-13(5-3-10)23(21,22)18-7-6-11-8-12(16(19)20)9-14(17)15(11)18;1-14-10(13)7-4-6-2-3-12-9(6)8(11)5-7;1-6-2-4-7(5-3-6)11(8,9)10;1-4(2)3-8-5(6)7;1-6-2-4-7-5-3-6;;;;;;;/h3-10H,1-2H3;2-9H,1H3,(H,19,20);2-5,12H,1H3;2-5H,1H3;4H,3H2,1-2H3;2-5H2,1H3;;;;;1H2;;/q;;;;;;;3*+1;;2*-1/p-1. The van der Waals surface area contributed by atoms with E-state index in [2.05, 4.69) is 74.2 Å². The third-order valence-electron chi connectivity index (χ3n) is 12.3. The molecule has 4 heterocycles. The maximum Gasteiger partial charge on any atom is 1.00 e. The molecule has 32 heteroatoms. The number of aromatic amines is 1. The molecule has 0 saturated carbocycles. The molecule has 3 N–H and O–H groups in total. The van der Waals surface area contributed by atoms with Gasteiger partial charge in [-0.3, -0.25) is 0 Å². The van der Waals surface area contributed by atoms with Crippen LogP contribution in [0.3, 0.4) is 0 Å². The number of morpholine rings is 1. The van der Waals surface area contributed by atoms with E-state index in [4.69, 9.17) is 36.9 Å². The second-order valence-electron chi connectivity index (χ2n) is 19.4. The van der Waals surface area contributed by atoms with E-state index in [-0.39, 0.29) is 121 Å². The molecular formula is C60H64BBr3Cl2LiN4Na2O16S3. The normalized spacial score (nSPS) is 11.7. The SMILES string of the molecule is CC(C)COC(=O)Cl.CN1CCOCC1.COC(=O)c1cc(Br)c2[nH]ccc2c1.COC(=O)c1cc(Br)c2c(ccn2S(=O)(=O)c2ccc(C)cc2)c1.Cc1ccc(S(=O)(=O)Cl)cc1.Cc1ccc(S(=O)(=O)n2ccc3cc(C(=O)O)cc(Br)c32)cc1.[B].[H-].[H-].[Li+].[Na+].[Na+].[OH-]. The van der Waals surface area contributed by atoms with Crippen molar-refractivity contribution in [2.24, 2.45) is 5.92 Å². The van der Waals surface area contributed by atoms with Crippen LogP contribution in [-0.4, -0.2) is 140 Å². The third kappa shape index (κ3) is 25.3. The van der Waals surface area contributed by atoms with Crippen LogP contribution < -0.4 is 78.0 Å². The summed E-state index contributed by atoms with van der Waals surface area (Å²) in [6.45, 7) is 14.0. The number of aryl methyl sites for hydroxylation is 3. The topological polar surface area (TPSA) is 287 Å². The number of hydrogen-bond acceptors (Lipinski definition) is 16. The first-order valence-electron chi connectivity index (χ1n) is 25.9. The summed E-state index contributed by atoms with van der Waals surface area (Å²) in [5.74, 6) is -1.51. The largest absolute Gasteiger partial charge is 1.00 e. The van der Waals surface area contributed by atoms with E-state index in [1.165, 1.54) is 54.9 Å². The smallest absolute Gasteiger partial charge is 1.00 e. The Morgan fingerprint density at radius 1 is 0.620 bits per heavy atom. The minimum Gasteiger partial charge on any atom is -1.00 e. The molecule has 6 aromatic carbocycles. The van der Waals surface area contributed by atoms with Crippen LogP contribution in [0.25, 0.3) is 32.7 Å². The monoisotopic (exact) mass is 1560 g/mol. The zero-order chi connectivity index (χ0) is 64.6. The summed E-state index contributed by atoms with van der Waals surface area (Å²) in [5, 5.41) is 11.2. The van der Waals surface area contributed by atoms with Crippen molar-refractivity contribution in [3.8, 4) is 0 Å². The fourth-order valence-corrected chi connectivity index (χ4v) is 13.5. The summed E-state index contributed by atoms with van der Waals surface area (Å²) >= 11 is 14.9. The second-order valence-corrected chi connectivity index (χ2v) is 28.5. The van der Waals surface area contributed by atoms with Crippen molar-refractivity contribution in [1.82, 2.24) is 17.8 Å². The number of nitrogens with zero attached hydrogens (tertiary/aromatic N) is 3. The Morgan fingerprint density at radius 3 is 1.33 bits per heavy atom. The number of carboxylic acid groups (broad SMARTS) is 1. The number of nitrogens with one attached hydrogen (secondary N) is 1. The first-order valence-corrected chi connectivity index (χ1v) is 33.9. The predicted molar refractivity (Wildman–Crippen MR) is 357 cm³/mol. The number of carbonyl (C=O) groups is 4. The number of aromatic carboxylic acids is 1. The minimum atomic E-state index is -3.76. The van der Waals surface area contributed by atoms with Crippen molar-refractivity contribution in [3.05, 3.63) is 193 Å². The molecular weight excluding hydrogens is 1500 g/mol. The molecule has 1 saturated heterocycles. The van der Waals surface area contributed by atoms with Gasteiger partial charge >= 0.3 is 101 Å². The molecule has 479 valence electrons. The number of halogens is 5. The van der Waals surface area contributed by atoms with Crippen LogP contribution >= 0.6 is 70.1 Å². The van der Waals surface area contributed by atoms with Gasteiger partial charge in [-0.05, 0) is 173 Å². The van der Waals surface area contributed by atoms with Crippen molar-refractivity contribution in [3.63, 3.8) is 0 Å². The van der Waals surface area contributed by atoms with E-state index in [1.54, 1.807) is 97.1 Å². The minimum absolute atomic E-state index is 0. The molecule has 20 nitrogen and oxygen atoms in total. The van der Waals surface area contributed by atoms with Crippen LogP contribution in [0.5, 0.6) is 0 Å². The zero-order valence-corrected chi connectivity index (χ0v) is 64.8. The first kappa shape index (κ1) is 88.2. The number of likely N-dealkylation sites (N-methyl/N-ethyl adjacent to an activating group) is 1. The molecule has 3 radical (unpaired) electrons. The van der Waals surface area contributed by atoms with Crippen molar-refractivity contribution >= 4 is 164 Å². The fourth-order valence-electron chi connectivity index (χ4n) is 7.76. The van der Waals surface area contributed by atoms with Crippen LogP contribution in [0.2, 0.25) is 0 Å². The number of fused-ring (bicyclic) bond motifs is 3. The molecule has 0 unspecified atom stereocenters. The van der Waals surface area contributed by atoms with Gasteiger partial charge in [0.15, 0.2) is 0 Å². The van der Waals surface area contributed by atoms with Crippen molar-refractivity contribution in [2.75, 3.05) is 54.2 Å². The van der Waals surface area contributed by atoms with Crippen molar-refractivity contribution in [2.45, 2.75) is 49.3 Å². The average molecular weight is 1570 g/mol. The molecule has 0 bridgehead atoms. The molecule has 10 rings (SSSR count). The van der Waals surface area contributed by atoms with Gasteiger partial charge in [-0.1, -0.05) is 66.9 Å². The van der Waals surface area contributed by atoms with Gasteiger partial charge < -0.3 is 42.3 Å². The molecule has 0 amide bonds. The van der Waals surface area contributed by atoms with E-state index < -0.39 is 46.5 Å². The average Bonchev–Trinajstić information content (AvgIpc) is 1.56. The molecule has 0 atom stereocenters. The predicted octanol–water partition coefficient (Wildman–Crippen LogP) is 4.67. The molecule has 9 aromatic rings. The summed E-state index contributed by atoms with van der Waals surface area (Å²) in [4.78, 5) is 49.8. The Balaban J connectivity index is -0.00000110. The number of H-pyrrole nitrogens is 1. The van der Waals surface area contributed by atoms with Crippen LogP contribution in [-0.2, 0) is 48.0 Å². The Bertz CT molecular complexity index is 4280. The molecule has 0 spiro atoms. The Hall–Kier alpha value is -3.77. The second kappa shape index (κ2) is 40.7. The van der Waals surface area contributed by atoms with E-state index in [0.717, 1.165) is 62.3 Å². The van der Waals surface area contributed by atoms with Gasteiger partial charge in [0, 0.05) is 92.0 Å². The maximum absolute atomic E-state index is 12.9. The number of carboxylic acids is 1. The van der Waals surface area contributed by atoms with E-state index >= 15 is 0 Å². The Kier molecular flexibility index (Phi) is 39.0. The summed E-state index contributed by atoms with van der Waals surface area (Å²) < 4.78 is 95.9. The van der Waals surface area contributed by atoms with Crippen molar-refractivity contribution < 1.29 is 155 Å². The van der Waals surface area contributed by atoms with Gasteiger partial charge in [0.05, 0.1) is 82.0 Å². The van der Waals surface area contributed by atoms with Gasteiger partial charge in [-0.15, -0.1) is 0 Å². The maximum atomic E-state index is 12.9. The number of esters is 2. The summed E-state index contributed by atoms with van der Waals surface area (Å²) in [6, 6.07) is 34.3. The number of ether oxygens (including phenoxy) is 4. The quantitative estimate of drug-likeness (QED) is 0.0814. The number of rotatable bonds is 10. The van der Waals surface area contributed by atoms with Gasteiger partial charge in [-0.25, -0.2) is 52.4 Å². The van der Waals surface area contributed by atoms with E-state index in [9.17, 15) is 44.4 Å². The number of hydrogen-bond donors (Lipinski definition) is 2. The molecule has 1 aliphatic heterocycles. The van der Waals surface area contributed by atoms with Crippen LogP contribution in [0, 0.1) is 26.7 Å². The van der Waals surface area contributed by atoms with Gasteiger partial charge in [-0.2, -0.15) is 0 Å². The molecule has 3 aromatic heterocycles. The van der Waals surface area contributed by atoms with Gasteiger partial charge in [0.2, 0.25) is 0 Å². The number of carbonyl (C=O) groups excluding carboxylic acids is 3. The van der Waals surface area contributed by atoms with E-state index in [0.29, 0.717) is 54.4 Å². The fraction of sp³-hybridized carbons (Fsp3) is 0.233. The Morgan fingerprint density at radius 2 is 0.989 bits per heavy atom. The molecule has 1 aliphatic rings. The van der Waals surface area contributed by atoms with Gasteiger partial charge in [0.1, 0.15) is 0 Å². The van der Waals surface area contributed by atoms with Gasteiger partial charge in [0.25, 0.3) is 29.1 Å². The number of methoxy groups -OCH3 is 2. The van der Waals surface area contributed by atoms with Crippen LogP contribution in [0.1, 0.15) is 64.5 Å².